The zero-order valence-electron chi connectivity index (χ0n) is 10.6. The number of phenolic OH excluding ortho intramolecular Hbond substituents is 1. The minimum atomic E-state index is -0.422. The van der Waals surface area contributed by atoms with E-state index in [1.807, 2.05) is 0 Å². The maximum atomic E-state index is 11.5. The van der Waals surface area contributed by atoms with Gasteiger partial charge >= 0.3 is 5.97 Å². The third-order valence-electron chi connectivity index (χ3n) is 2.84. The van der Waals surface area contributed by atoms with E-state index >= 15 is 0 Å². The second-order valence-electron chi connectivity index (χ2n) is 3.89. The van der Waals surface area contributed by atoms with Crippen LogP contribution in [0.4, 0.5) is 0 Å². The molecule has 1 aromatic heterocycles. The first-order valence-electron chi connectivity index (χ1n) is 5.64. The SMILES string of the molecule is COC(=O)c1cc2c(CCO)c(O)c(OC)cc2s1. The van der Waals surface area contributed by atoms with Gasteiger partial charge in [0.1, 0.15) is 4.88 Å². The van der Waals surface area contributed by atoms with Gasteiger partial charge in [-0.1, -0.05) is 0 Å². The molecule has 0 saturated heterocycles. The first-order chi connectivity index (χ1) is 9.12. The molecule has 19 heavy (non-hydrogen) atoms. The maximum Gasteiger partial charge on any atom is 0.348 e. The molecule has 2 rings (SSSR count). The molecule has 6 heteroatoms. The summed E-state index contributed by atoms with van der Waals surface area (Å²) in [4.78, 5) is 12.0. The predicted molar refractivity (Wildman–Crippen MR) is 72.2 cm³/mol. The Morgan fingerprint density at radius 2 is 2.11 bits per heavy atom. The van der Waals surface area contributed by atoms with Crippen LogP contribution in [0.3, 0.4) is 0 Å². The largest absolute Gasteiger partial charge is 0.504 e. The van der Waals surface area contributed by atoms with Gasteiger partial charge in [-0.25, -0.2) is 4.79 Å². The van der Waals surface area contributed by atoms with Crippen molar-refractivity contribution in [3.8, 4) is 11.5 Å². The number of hydrogen-bond donors (Lipinski definition) is 2. The zero-order chi connectivity index (χ0) is 14.0. The summed E-state index contributed by atoms with van der Waals surface area (Å²) in [7, 11) is 2.78. The lowest BCUT2D eigenvalue weighted by Crippen LogP contribution is -1.97. The van der Waals surface area contributed by atoms with Gasteiger partial charge < -0.3 is 19.7 Å². The van der Waals surface area contributed by atoms with Gasteiger partial charge in [-0.2, -0.15) is 0 Å². The normalized spacial score (nSPS) is 10.7. The Kier molecular flexibility index (Phi) is 3.92. The van der Waals surface area contributed by atoms with Gasteiger partial charge in [-0.05, 0) is 12.5 Å². The molecule has 0 unspecified atom stereocenters. The maximum absolute atomic E-state index is 11.5. The topological polar surface area (TPSA) is 76.0 Å². The van der Waals surface area contributed by atoms with Crippen molar-refractivity contribution < 1.29 is 24.5 Å². The summed E-state index contributed by atoms with van der Waals surface area (Å²) >= 11 is 1.26. The molecule has 0 fully saturated rings. The van der Waals surface area contributed by atoms with Gasteiger partial charge in [-0.3, -0.25) is 0 Å². The number of methoxy groups -OCH3 is 2. The van der Waals surface area contributed by atoms with Gasteiger partial charge in [0.05, 0.1) is 14.2 Å². The number of rotatable bonds is 4. The second-order valence-corrected chi connectivity index (χ2v) is 4.98. The summed E-state index contributed by atoms with van der Waals surface area (Å²) in [6.07, 6.45) is 0.289. The highest BCUT2D eigenvalue weighted by Crippen LogP contribution is 2.40. The van der Waals surface area contributed by atoms with E-state index in [-0.39, 0.29) is 18.8 Å². The Labute approximate surface area is 114 Å². The number of fused-ring (bicyclic) bond motifs is 1. The standard InChI is InChI=1S/C13H14O5S/c1-17-9-6-10-8(7(3-4-14)12(9)15)5-11(19-10)13(16)18-2/h5-6,14-15H,3-4H2,1-2H3. The van der Waals surface area contributed by atoms with E-state index in [0.717, 1.165) is 10.1 Å². The number of aromatic hydroxyl groups is 1. The molecule has 0 amide bonds. The van der Waals surface area contributed by atoms with E-state index in [9.17, 15) is 9.90 Å². The molecule has 2 N–H and O–H groups in total. The number of carbonyl (C=O) groups excluding carboxylic acids is 1. The van der Waals surface area contributed by atoms with Crippen LogP contribution in [0.1, 0.15) is 15.2 Å². The van der Waals surface area contributed by atoms with E-state index in [1.54, 1.807) is 12.1 Å². The average Bonchev–Trinajstić information content (AvgIpc) is 2.84. The van der Waals surface area contributed by atoms with E-state index in [1.165, 1.54) is 25.6 Å². The van der Waals surface area contributed by atoms with Crippen molar-refractivity contribution in [2.45, 2.75) is 6.42 Å². The lowest BCUT2D eigenvalue weighted by Gasteiger charge is -2.09. The minimum absolute atomic E-state index is 0.00161. The van der Waals surface area contributed by atoms with Crippen LogP contribution in [0.25, 0.3) is 10.1 Å². The van der Waals surface area contributed by atoms with Crippen molar-refractivity contribution in [1.29, 1.82) is 0 Å². The Hall–Kier alpha value is -1.79. The third-order valence-corrected chi connectivity index (χ3v) is 3.90. The fourth-order valence-electron chi connectivity index (χ4n) is 1.93. The van der Waals surface area contributed by atoms with Gasteiger partial charge in [0, 0.05) is 28.3 Å². The predicted octanol–water partition coefficient (Wildman–Crippen LogP) is 1.94. The summed E-state index contributed by atoms with van der Waals surface area (Å²) in [5.74, 6) is -0.0953. The Balaban J connectivity index is 2.68. The van der Waals surface area contributed by atoms with Crippen LogP contribution in [-0.4, -0.2) is 37.0 Å². The van der Waals surface area contributed by atoms with Crippen LogP contribution in [0.2, 0.25) is 0 Å². The first kappa shape index (κ1) is 13.6. The van der Waals surface area contributed by atoms with E-state index in [0.29, 0.717) is 16.2 Å². The highest BCUT2D eigenvalue weighted by atomic mass is 32.1. The fourth-order valence-corrected chi connectivity index (χ4v) is 2.97. The second kappa shape index (κ2) is 5.46. The molecule has 0 bridgehead atoms. The Morgan fingerprint density at radius 3 is 2.68 bits per heavy atom. The summed E-state index contributed by atoms with van der Waals surface area (Å²) in [5.41, 5.74) is 0.572. The fraction of sp³-hybridized carbons (Fsp3) is 0.308. The molecule has 2 aromatic rings. The molecule has 0 radical (unpaired) electrons. The van der Waals surface area contributed by atoms with Crippen molar-refractivity contribution >= 4 is 27.4 Å². The van der Waals surface area contributed by atoms with Crippen LogP contribution in [0.15, 0.2) is 12.1 Å². The Bertz CT molecular complexity index is 617. The molecule has 1 heterocycles. The number of thiophene rings is 1. The molecule has 1 aromatic carbocycles. The summed E-state index contributed by atoms with van der Waals surface area (Å²) in [6, 6.07) is 3.33. The average molecular weight is 282 g/mol. The molecule has 0 saturated carbocycles. The number of aliphatic hydroxyl groups excluding tert-OH is 1. The van der Waals surface area contributed by atoms with Crippen LogP contribution < -0.4 is 4.74 Å². The molecule has 0 aliphatic carbocycles. The van der Waals surface area contributed by atoms with Gasteiger partial charge in [-0.15, -0.1) is 11.3 Å². The van der Waals surface area contributed by atoms with Crippen LogP contribution >= 0.6 is 11.3 Å². The number of esters is 1. The highest BCUT2D eigenvalue weighted by molar-refractivity contribution is 7.20. The van der Waals surface area contributed by atoms with E-state index in [2.05, 4.69) is 4.74 Å². The van der Waals surface area contributed by atoms with Gasteiger partial charge in [0.15, 0.2) is 11.5 Å². The number of aliphatic hydroxyl groups is 1. The summed E-state index contributed by atoms with van der Waals surface area (Å²) in [5, 5.41) is 19.9. The molecule has 102 valence electrons. The number of phenols is 1. The van der Waals surface area contributed by atoms with Crippen molar-refractivity contribution in [3.63, 3.8) is 0 Å². The van der Waals surface area contributed by atoms with E-state index in [4.69, 9.17) is 9.84 Å². The van der Waals surface area contributed by atoms with Crippen molar-refractivity contribution in [3.05, 3.63) is 22.6 Å². The molecular weight excluding hydrogens is 268 g/mol. The van der Waals surface area contributed by atoms with E-state index < -0.39 is 5.97 Å². The van der Waals surface area contributed by atoms with Crippen LogP contribution in [-0.2, 0) is 11.2 Å². The minimum Gasteiger partial charge on any atom is -0.504 e. The number of benzene rings is 1. The van der Waals surface area contributed by atoms with Crippen LogP contribution in [0.5, 0.6) is 11.5 Å². The number of ether oxygens (including phenoxy) is 2. The highest BCUT2D eigenvalue weighted by Gasteiger charge is 2.18. The first-order valence-corrected chi connectivity index (χ1v) is 6.45. The molecule has 0 atom stereocenters. The Morgan fingerprint density at radius 1 is 1.37 bits per heavy atom. The lowest BCUT2D eigenvalue weighted by atomic mass is 10.1. The van der Waals surface area contributed by atoms with Crippen molar-refractivity contribution in [2.24, 2.45) is 0 Å². The summed E-state index contributed by atoms with van der Waals surface area (Å²) in [6.45, 7) is -0.0980. The third kappa shape index (κ3) is 2.36. The smallest absolute Gasteiger partial charge is 0.348 e. The number of carbonyl (C=O) groups is 1. The van der Waals surface area contributed by atoms with Crippen molar-refractivity contribution in [1.82, 2.24) is 0 Å². The lowest BCUT2D eigenvalue weighted by molar-refractivity contribution is 0.0606. The van der Waals surface area contributed by atoms with Gasteiger partial charge in [0.25, 0.3) is 0 Å². The molecular formula is C13H14O5S. The molecule has 0 spiro atoms. The monoisotopic (exact) mass is 282 g/mol. The molecule has 0 aliphatic rings. The summed E-state index contributed by atoms with van der Waals surface area (Å²) < 4.78 is 10.6. The van der Waals surface area contributed by atoms with Crippen LogP contribution in [0, 0.1) is 0 Å². The number of hydrogen-bond acceptors (Lipinski definition) is 6. The van der Waals surface area contributed by atoms with Crippen molar-refractivity contribution in [2.75, 3.05) is 20.8 Å². The zero-order valence-corrected chi connectivity index (χ0v) is 11.4. The van der Waals surface area contributed by atoms with Gasteiger partial charge in [0.2, 0.25) is 0 Å². The molecule has 0 aliphatic heterocycles. The quantitative estimate of drug-likeness (QED) is 0.838. The molecule has 5 nitrogen and oxygen atoms in total.